The van der Waals surface area contributed by atoms with Crippen LogP contribution in [0.3, 0.4) is 0 Å². The van der Waals surface area contributed by atoms with E-state index in [0.29, 0.717) is 24.6 Å². The highest BCUT2D eigenvalue weighted by Gasteiger charge is 2.32. The quantitative estimate of drug-likeness (QED) is 0.877. The van der Waals surface area contributed by atoms with Crippen molar-refractivity contribution in [3.63, 3.8) is 0 Å². The van der Waals surface area contributed by atoms with Crippen molar-refractivity contribution in [1.29, 1.82) is 0 Å². The van der Waals surface area contributed by atoms with Gasteiger partial charge in [-0.1, -0.05) is 6.07 Å². The molecular weight excluding hydrogens is 324 g/mol. The minimum absolute atomic E-state index is 0.0415. The summed E-state index contributed by atoms with van der Waals surface area (Å²) >= 11 is 0. The van der Waals surface area contributed by atoms with E-state index in [0.717, 1.165) is 11.3 Å². The summed E-state index contributed by atoms with van der Waals surface area (Å²) in [7, 11) is 1.59. The number of hydrogen-bond donors (Lipinski definition) is 1. The third-order valence-electron chi connectivity index (χ3n) is 4.52. The minimum atomic E-state index is -0.461. The number of imidazole rings is 1. The Hall–Kier alpha value is -3.03. The predicted octanol–water partition coefficient (Wildman–Crippen LogP) is 0.484. The zero-order valence-corrected chi connectivity index (χ0v) is 13.8. The first-order valence-corrected chi connectivity index (χ1v) is 8.04. The van der Waals surface area contributed by atoms with E-state index in [4.69, 9.17) is 9.47 Å². The molecule has 1 atom stereocenters. The van der Waals surface area contributed by atoms with Crippen LogP contribution in [0.15, 0.2) is 30.7 Å². The number of rotatable bonds is 3. The minimum Gasteiger partial charge on any atom is -0.454 e. The monoisotopic (exact) mass is 342 g/mol. The SMILES string of the molecule is CNC(=O)[C@H]1CN(C(=O)Cc2ccc3c(c2)OCO3)Cc2cncn21. The molecule has 4 rings (SSSR count). The summed E-state index contributed by atoms with van der Waals surface area (Å²) in [6.07, 6.45) is 3.57. The molecule has 1 N–H and O–H groups in total. The molecule has 0 bridgehead atoms. The molecule has 2 aromatic rings. The molecule has 8 heteroatoms. The van der Waals surface area contributed by atoms with Gasteiger partial charge in [-0.25, -0.2) is 4.98 Å². The molecular formula is C17H18N4O4. The van der Waals surface area contributed by atoms with Gasteiger partial charge in [-0.05, 0) is 17.7 Å². The van der Waals surface area contributed by atoms with Crippen LogP contribution in [0.5, 0.6) is 11.5 Å². The van der Waals surface area contributed by atoms with Gasteiger partial charge in [-0.3, -0.25) is 9.59 Å². The van der Waals surface area contributed by atoms with Gasteiger partial charge in [0.25, 0.3) is 0 Å². The van der Waals surface area contributed by atoms with Gasteiger partial charge in [-0.2, -0.15) is 0 Å². The number of ether oxygens (including phenoxy) is 2. The van der Waals surface area contributed by atoms with Gasteiger partial charge in [0.1, 0.15) is 6.04 Å². The molecule has 0 aliphatic carbocycles. The summed E-state index contributed by atoms with van der Waals surface area (Å²) in [4.78, 5) is 30.7. The number of nitrogens with zero attached hydrogens (tertiary/aromatic N) is 3. The Labute approximate surface area is 144 Å². The van der Waals surface area contributed by atoms with E-state index < -0.39 is 6.04 Å². The summed E-state index contributed by atoms with van der Waals surface area (Å²) in [5.74, 6) is 1.17. The van der Waals surface area contributed by atoms with Gasteiger partial charge in [0.05, 0.1) is 31.5 Å². The second kappa shape index (κ2) is 6.12. The fraction of sp³-hybridized carbons (Fsp3) is 0.353. The zero-order valence-electron chi connectivity index (χ0n) is 13.8. The number of hydrogen-bond acceptors (Lipinski definition) is 5. The molecule has 130 valence electrons. The van der Waals surface area contributed by atoms with Gasteiger partial charge in [0, 0.05) is 13.2 Å². The zero-order chi connectivity index (χ0) is 17.4. The summed E-state index contributed by atoms with van der Waals surface area (Å²) < 4.78 is 12.5. The Morgan fingerprint density at radius 1 is 1.32 bits per heavy atom. The molecule has 0 saturated heterocycles. The molecule has 2 aliphatic rings. The Morgan fingerprint density at radius 2 is 2.16 bits per heavy atom. The van der Waals surface area contributed by atoms with E-state index in [1.54, 1.807) is 24.5 Å². The van der Waals surface area contributed by atoms with Crippen molar-refractivity contribution in [1.82, 2.24) is 19.8 Å². The molecule has 8 nitrogen and oxygen atoms in total. The summed E-state index contributed by atoms with van der Waals surface area (Å²) in [6.45, 7) is 0.972. The predicted molar refractivity (Wildman–Crippen MR) is 87.0 cm³/mol. The van der Waals surface area contributed by atoms with Crippen LogP contribution < -0.4 is 14.8 Å². The molecule has 1 aromatic carbocycles. The topological polar surface area (TPSA) is 85.7 Å². The van der Waals surface area contributed by atoms with Crippen LogP contribution in [0, 0.1) is 0 Å². The highest BCUT2D eigenvalue weighted by molar-refractivity contribution is 5.83. The molecule has 0 fully saturated rings. The van der Waals surface area contributed by atoms with E-state index >= 15 is 0 Å². The maximum atomic E-state index is 12.7. The summed E-state index contributed by atoms with van der Waals surface area (Å²) in [6, 6.07) is 5.03. The number of carbonyl (C=O) groups is 2. The van der Waals surface area contributed by atoms with E-state index in [2.05, 4.69) is 10.3 Å². The smallest absolute Gasteiger partial charge is 0.244 e. The van der Waals surface area contributed by atoms with E-state index in [1.165, 1.54) is 0 Å². The average Bonchev–Trinajstić information content (AvgIpc) is 3.28. The first-order chi connectivity index (χ1) is 12.2. The fourth-order valence-corrected chi connectivity index (χ4v) is 3.20. The van der Waals surface area contributed by atoms with Crippen LogP contribution in [0.1, 0.15) is 17.3 Å². The third kappa shape index (κ3) is 2.79. The van der Waals surface area contributed by atoms with E-state index in [9.17, 15) is 9.59 Å². The first-order valence-electron chi connectivity index (χ1n) is 8.04. The van der Waals surface area contributed by atoms with Gasteiger partial charge in [0.15, 0.2) is 11.5 Å². The first kappa shape index (κ1) is 15.5. The van der Waals surface area contributed by atoms with Crippen molar-refractivity contribution in [2.75, 3.05) is 20.4 Å². The van der Waals surface area contributed by atoms with Crippen molar-refractivity contribution in [3.05, 3.63) is 42.0 Å². The fourth-order valence-electron chi connectivity index (χ4n) is 3.20. The van der Waals surface area contributed by atoms with Crippen molar-refractivity contribution < 1.29 is 19.1 Å². The number of fused-ring (bicyclic) bond motifs is 2. The number of carbonyl (C=O) groups excluding carboxylic acids is 2. The lowest BCUT2D eigenvalue weighted by molar-refractivity contribution is -0.134. The standard InChI is InChI=1S/C17H18N4O4/c1-18-17(23)13-8-20(7-12-6-19-9-21(12)13)16(22)5-11-2-3-14-15(4-11)25-10-24-14/h2-4,6,9,13H,5,7-8,10H2,1H3,(H,18,23)/t13-/m1/s1. The van der Waals surface area contributed by atoms with Crippen molar-refractivity contribution >= 4 is 11.8 Å². The number of likely N-dealkylation sites (N-methyl/N-ethyl adjacent to an activating group) is 1. The largest absolute Gasteiger partial charge is 0.454 e. The van der Waals surface area contributed by atoms with Crippen LogP contribution in [0.4, 0.5) is 0 Å². The number of amides is 2. The molecule has 2 aliphatic heterocycles. The lowest BCUT2D eigenvalue weighted by Crippen LogP contribution is -2.46. The second-order valence-electron chi connectivity index (χ2n) is 6.06. The molecule has 3 heterocycles. The molecule has 1 aromatic heterocycles. The van der Waals surface area contributed by atoms with Crippen LogP contribution >= 0.6 is 0 Å². The number of nitrogens with one attached hydrogen (secondary N) is 1. The Morgan fingerprint density at radius 3 is 3.00 bits per heavy atom. The van der Waals surface area contributed by atoms with Gasteiger partial charge >= 0.3 is 0 Å². The summed E-state index contributed by atoms with van der Waals surface area (Å²) in [5, 5.41) is 2.65. The van der Waals surface area contributed by atoms with Crippen LogP contribution in [-0.2, 0) is 22.6 Å². The maximum absolute atomic E-state index is 12.7. The summed E-state index contributed by atoms with van der Waals surface area (Å²) in [5.41, 5.74) is 1.70. The Kier molecular flexibility index (Phi) is 3.79. The highest BCUT2D eigenvalue weighted by atomic mass is 16.7. The maximum Gasteiger partial charge on any atom is 0.244 e. The lowest BCUT2D eigenvalue weighted by Gasteiger charge is -2.33. The van der Waals surface area contributed by atoms with Crippen molar-refractivity contribution in [3.8, 4) is 11.5 Å². The van der Waals surface area contributed by atoms with Crippen molar-refractivity contribution in [2.45, 2.75) is 19.0 Å². The number of aromatic nitrogens is 2. The highest BCUT2D eigenvalue weighted by Crippen LogP contribution is 2.33. The molecule has 0 unspecified atom stereocenters. The molecule has 2 amide bonds. The Balaban J connectivity index is 1.52. The molecule has 25 heavy (non-hydrogen) atoms. The normalized spacial score (nSPS) is 18.0. The van der Waals surface area contributed by atoms with Gasteiger partial charge < -0.3 is 24.3 Å². The van der Waals surface area contributed by atoms with Crippen LogP contribution in [0.25, 0.3) is 0 Å². The van der Waals surface area contributed by atoms with E-state index in [-0.39, 0.29) is 25.0 Å². The lowest BCUT2D eigenvalue weighted by atomic mass is 10.1. The van der Waals surface area contributed by atoms with E-state index in [1.807, 2.05) is 22.8 Å². The van der Waals surface area contributed by atoms with Gasteiger partial charge in [0.2, 0.25) is 18.6 Å². The third-order valence-corrected chi connectivity index (χ3v) is 4.52. The Bertz CT molecular complexity index is 832. The number of benzene rings is 1. The van der Waals surface area contributed by atoms with Crippen LogP contribution in [0.2, 0.25) is 0 Å². The molecule has 0 saturated carbocycles. The average molecular weight is 342 g/mol. The van der Waals surface area contributed by atoms with Gasteiger partial charge in [-0.15, -0.1) is 0 Å². The van der Waals surface area contributed by atoms with Crippen LogP contribution in [-0.4, -0.2) is 46.7 Å². The molecule has 0 spiro atoms. The van der Waals surface area contributed by atoms with Crippen molar-refractivity contribution in [2.24, 2.45) is 0 Å². The molecule has 0 radical (unpaired) electrons. The second-order valence-corrected chi connectivity index (χ2v) is 6.06.